The molecule has 3 heterocycles. The number of rotatable bonds is 4. The standard InChI is InChI=1S/C17H19N5O2S/c1-12-18-19-17-22(12)20-15(25-17)7-8-16(23)21-9-10-24-14(11-21)13-5-3-2-4-6-13/h2-6,14H,7-11H2,1H3. The van der Waals surface area contributed by atoms with E-state index in [1.165, 1.54) is 11.3 Å². The smallest absolute Gasteiger partial charge is 0.234 e. The van der Waals surface area contributed by atoms with Crippen molar-refractivity contribution in [3.63, 3.8) is 0 Å². The second kappa shape index (κ2) is 6.89. The van der Waals surface area contributed by atoms with E-state index in [1.54, 1.807) is 4.52 Å². The van der Waals surface area contributed by atoms with Gasteiger partial charge >= 0.3 is 0 Å². The first-order valence-corrected chi connectivity index (χ1v) is 9.14. The number of aryl methyl sites for hydroxylation is 2. The summed E-state index contributed by atoms with van der Waals surface area (Å²) in [5.41, 5.74) is 1.11. The summed E-state index contributed by atoms with van der Waals surface area (Å²) in [6.07, 6.45) is 1.03. The lowest BCUT2D eigenvalue weighted by atomic mass is 10.1. The van der Waals surface area contributed by atoms with Crippen LogP contribution in [-0.2, 0) is 16.0 Å². The SMILES string of the molecule is Cc1nnc2sc(CCC(=O)N3CCOC(c4ccccc4)C3)nn12. The molecule has 7 nitrogen and oxygen atoms in total. The van der Waals surface area contributed by atoms with Crippen LogP contribution in [-0.4, -0.2) is 50.3 Å². The van der Waals surface area contributed by atoms with Gasteiger partial charge in [-0.15, -0.1) is 10.2 Å². The van der Waals surface area contributed by atoms with E-state index >= 15 is 0 Å². The number of hydrogen-bond acceptors (Lipinski definition) is 6. The van der Waals surface area contributed by atoms with Crippen LogP contribution in [0.2, 0.25) is 0 Å². The van der Waals surface area contributed by atoms with Crippen LogP contribution in [0.15, 0.2) is 30.3 Å². The molecule has 1 atom stereocenters. The van der Waals surface area contributed by atoms with E-state index in [9.17, 15) is 4.79 Å². The van der Waals surface area contributed by atoms with E-state index in [1.807, 2.05) is 42.2 Å². The van der Waals surface area contributed by atoms with Crippen LogP contribution in [0.25, 0.3) is 4.96 Å². The first-order valence-electron chi connectivity index (χ1n) is 8.33. The monoisotopic (exact) mass is 357 g/mol. The van der Waals surface area contributed by atoms with E-state index in [4.69, 9.17) is 4.74 Å². The average molecular weight is 357 g/mol. The number of ether oxygens (including phenoxy) is 1. The molecule has 2 aromatic heterocycles. The number of hydrogen-bond donors (Lipinski definition) is 0. The lowest BCUT2D eigenvalue weighted by molar-refractivity contribution is -0.139. The molecule has 1 amide bonds. The third kappa shape index (κ3) is 3.40. The van der Waals surface area contributed by atoms with Gasteiger partial charge in [0.05, 0.1) is 13.2 Å². The minimum Gasteiger partial charge on any atom is -0.370 e. The van der Waals surface area contributed by atoms with Crippen molar-refractivity contribution in [3.05, 3.63) is 46.7 Å². The number of nitrogens with zero attached hydrogens (tertiary/aromatic N) is 5. The molecule has 0 radical (unpaired) electrons. The lowest BCUT2D eigenvalue weighted by Gasteiger charge is -2.33. The predicted molar refractivity (Wildman–Crippen MR) is 93.4 cm³/mol. The van der Waals surface area contributed by atoms with Gasteiger partial charge in [-0.05, 0) is 12.5 Å². The number of fused-ring (bicyclic) bond motifs is 1. The van der Waals surface area contributed by atoms with E-state index in [-0.39, 0.29) is 12.0 Å². The second-order valence-corrected chi connectivity index (χ2v) is 7.09. The summed E-state index contributed by atoms with van der Waals surface area (Å²) in [6, 6.07) is 10.1. The Morgan fingerprint density at radius 3 is 2.96 bits per heavy atom. The highest BCUT2D eigenvalue weighted by Crippen LogP contribution is 2.23. The quantitative estimate of drug-likeness (QED) is 0.714. The van der Waals surface area contributed by atoms with Gasteiger partial charge in [0.2, 0.25) is 10.9 Å². The molecular weight excluding hydrogens is 338 g/mol. The molecule has 0 saturated carbocycles. The molecule has 1 aliphatic heterocycles. The molecule has 0 spiro atoms. The molecule has 1 aliphatic rings. The summed E-state index contributed by atoms with van der Waals surface area (Å²) in [7, 11) is 0. The summed E-state index contributed by atoms with van der Waals surface area (Å²) in [5.74, 6) is 0.912. The second-order valence-electron chi connectivity index (χ2n) is 6.05. The molecule has 1 unspecified atom stereocenters. The zero-order valence-electron chi connectivity index (χ0n) is 14.0. The van der Waals surface area contributed by atoms with E-state index in [0.29, 0.717) is 32.5 Å². The van der Waals surface area contributed by atoms with Gasteiger partial charge in [-0.1, -0.05) is 41.7 Å². The van der Waals surface area contributed by atoms with Crippen LogP contribution in [0.4, 0.5) is 0 Å². The molecule has 0 N–H and O–H groups in total. The van der Waals surface area contributed by atoms with Crippen molar-refractivity contribution in [2.24, 2.45) is 0 Å². The molecular formula is C17H19N5O2S. The number of carbonyl (C=O) groups excluding carboxylic acids is 1. The van der Waals surface area contributed by atoms with Gasteiger partial charge in [-0.2, -0.15) is 9.61 Å². The average Bonchev–Trinajstić information content (AvgIpc) is 3.22. The van der Waals surface area contributed by atoms with Gasteiger partial charge < -0.3 is 9.64 Å². The van der Waals surface area contributed by atoms with Crippen molar-refractivity contribution >= 4 is 22.2 Å². The Kier molecular flexibility index (Phi) is 4.46. The molecule has 0 bridgehead atoms. The minimum atomic E-state index is -0.0456. The normalized spacial score (nSPS) is 18.0. The topological polar surface area (TPSA) is 72.6 Å². The molecule has 1 saturated heterocycles. The van der Waals surface area contributed by atoms with E-state index in [0.717, 1.165) is 21.4 Å². The molecule has 3 aromatic rings. The summed E-state index contributed by atoms with van der Waals surface area (Å²) in [4.78, 5) is 15.3. The van der Waals surface area contributed by atoms with Crippen LogP contribution in [0, 0.1) is 6.92 Å². The van der Waals surface area contributed by atoms with Crippen LogP contribution < -0.4 is 0 Å². The van der Waals surface area contributed by atoms with Crippen LogP contribution in [0.5, 0.6) is 0 Å². The summed E-state index contributed by atoms with van der Waals surface area (Å²) < 4.78 is 7.55. The van der Waals surface area contributed by atoms with Crippen molar-refractivity contribution in [1.29, 1.82) is 0 Å². The maximum atomic E-state index is 12.6. The Balaban J connectivity index is 1.37. The van der Waals surface area contributed by atoms with Gasteiger partial charge in [-0.3, -0.25) is 4.79 Å². The zero-order chi connectivity index (χ0) is 17.2. The van der Waals surface area contributed by atoms with Gasteiger partial charge in [0.1, 0.15) is 11.1 Å². The van der Waals surface area contributed by atoms with E-state index < -0.39 is 0 Å². The van der Waals surface area contributed by atoms with Crippen LogP contribution in [0.1, 0.15) is 28.9 Å². The summed E-state index contributed by atoms with van der Waals surface area (Å²) >= 11 is 1.49. The molecule has 1 fully saturated rings. The third-order valence-corrected chi connectivity index (χ3v) is 5.29. The van der Waals surface area contributed by atoms with Crippen LogP contribution >= 0.6 is 11.3 Å². The minimum absolute atomic E-state index is 0.0456. The molecule has 4 rings (SSSR count). The van der Waals surface area contributed by atoms with Crippen molar-refractivity contribution < 1.29 is 9.53 Å². The molecule has 130 valence electrons. The highest BCUT2D eigenvalue weighted by Gasteiger charge is 2.25. The van der Waals surface area contributed by atoms with Crippen molar-refractivity contribution in [2.45, 2.75) is 25.9 Å². The summed E-state index contributed by atoms with van der Waals surface area (Å²) in [6.45, 7) is 3.69. The van der Waals surface area contributed by atoms with E-state index in [2.05, 4.69) is 15.3 Å². The highest BCUT2D eigenvalue weighted by atomic mass is 32.1. The number of carbonyl (C=O) groups is 1. The van der Waals surface area contributed by atoms with Crippen molar-refractivity contribution in [3.8, 4) is 0 Å². The predicted octanol–water partition coefficient (Wildman–Crippen LogP) is 2.03. The maximum absolute atomic E-state index is 12.6. The van der Waals surface area contributed by atoms with Gasteiger partial charge in [0, 0.05) is 19.4 Å². The third-order valence-electron chi connectivity index (χ3n) is 4.33. The van der Waals surface area contributed by atoms with Crippen molar-refractivity contribution in [2.75, 3.05) is 19.7 Å². The zero-order valence-corrected chi connectivity index (χ0v) is 14.8. The molecule has 0 aliphatic carbocycles. The number of aromatic nitrogens is 4. The Bertz CT molecular complexity index is 876. The van der Waals surface area contributed by atoms with Gasteiger partial charge in [0.15, 0.2) is 5.82 Å². The Morgan fingerprint density at radius 2 is 2.16 bits per heavy atom. The fraction of sp³-hybridized carbons (Fsp3) is 0.412. The fourth-order valence-corrected chi connectivity index (χ4v) is 3.85. The van der Waals surface area contributed by atoms with Gasteiger partial charge in [0.25, 0.3) is 0 Å². The largest absolute Gasteiger partial charge is 0.370 e. The van der Waals surface area contributed by atoms with Gasteiger partial charge in [-0.25, -0.2) is 0 Å². The maximum Gasteiger partial charge on any atom is 0.234 e. The molecule has 8 heteroatoms. The number of benzene rings is 1. The first-order chi connectivity index (χ1) is 12.2. The Labute approximate surface area is 149 Å². The Hall–Kier alpha value is -2.32. The number of morpholine rings is 1. The molecule has 1 aromatic carbocycles. The molecule has 25 heavy (non-hydrogen) atoms. The van der Waals surface area contributed by atoms with Crippen LogP contribution in [0.3, 0.4) is 0 Å². The fourth-order valence-electron chi connectivity index (χ4n) is 2.97. The van der Waals surface area contributed by atoms with Crippen molar-refractivity contribution in [1.82, 2.24) is 24.7 Å². The Morgan fingerprint density at radius 1 is 1.32 bits per heavy atom. The highest BCUT2D eigenvalue weighted by molar-refractivity contribution is 7.16. The summed E-state index contributed by atoms with van der Waals surface area (Å²) in [5, 5.41) is 13.4. The first kappa shape index (κ1) is 16.2. The number of amides is 1. The lowest BCUT2D eigenvalue weighted by Crippen LogP contribution is -2.42.